The number of alkyl halides is 2. The van der Waals surface area contributed by atoms with Crippen molar-refractivity contribution in [3.63, 3.8) is 0 Å². The summed E-state index contributed by atoms with van der Waals surface area (Å²) in [6, 6.07) is 0. The van der Waals surface area contributed by atoms with Crippen molar-refractivity contribution < 1.29 is 60.2 Å². The average molecular weight is 159 g/mol. The number of halogens is 2. The molecule has 0 atom stereocenters. The van der Waals surface area contributed by atoms with Gasteiger partial charge < -0.3 is 5.32 Å². The van der Waals surface area contributed by atoms with Gasteiger partial charge in [-0.15, -0.1) is 0 Å². The summed E-state index contributed by atoms with van der Waals surface area (Å²) in [7, 11) is 0. The van der Waals surface area contributed by atoms with Crippen molar-refractivity contribution in [1.82, 2.24) is 5.32 Å². The monoisotopic (exact) mass is 159 g/mol. The van der Waals surface area contributed by atoms with E-state index < -0.39 is 5.92 Å². The molecule has 1 nitrogen and oxygen atoms in total. The van der Waals surface area contributed by atoms with Gasteiger partial charge in [0.2, 0.25) is 0 Å². The Balaban J connectivity index is 0.000000640. The third-order valence-electron chi connectivity index (χ3n) is 1.12. The predicted molar refractivity (Wildman–Crippen MR) is 26.7 cm³/mol. The van der Waals surface area contributed by atoms with Gasteiger partial charge in [-0.05, 0) is 6.54 Å². The van der Waals surface area contributed by atoms with Crippen LogP contribution < -0.4 is 56.7 Å². The molecule has 0 spiro atoms. The topological polar surface area (TPSA) is 12.0 Å². The molecule has 0 aromatic rings. The van der Waals surface area contributed by atoms with Gasteiger partial charge in [-0.1, -0.05) is 0 Å². The first kappa shape index (κ1) is 10.5. The van der Waals surface area contributed by atoms with Crippen LogP contribution in [0.4, 0.5) is 8.78 Å². The second-order valence-electron chi connectivity index (χ2n) is 1.93. The van der Waals surface area contributed by atoms with E-state index in [9.17, 15) is 8.78 Å². The summed E-state index contributed by atoms with van der Waals surface area (Å²) in [5.41, 5.74) is 0. The fourth-order valence-corrected chi connectivity index (χ4v) is 0.713. The Morgan fingerprint density at radius 2 is 2.11 bits per heavy atom. The van der Waals surface area contributed by atoms with Crippen LogP contribution in [0.1, 0.15) is 6.42 Å². The second kappa shape index (κ2) is 4.36. The van der Waals surface area contributed by atoms with Crippen molar-refractivity contribution in [2.45, 2.75) is 12.3 Å². The Kier molecular flexibility index (Phi) is 5.06. The Morgan fingerprint density at radius 3 is 2.33 bits per heavy atom. The third kappa shape index (κ3) is 4.01. The normalized spacial score (nSPS) is 24.7. The first-order valence-corrected chi connectivity index (χ1v) is 2.64. The number of rotatable bonds is 0. The molecule has 1 N–H and O–H groups in total. The van der Waals surface area contributed by atoms with Crippen LogP contribution in [0.15, 0.2) is 0 Å². The molecule has 0 radical (unpaired) electrons. The maximum Gasteiger partial charge on any atom is 1.00 e. The van der Waals surface area contributed by atoms with E-state index in [1.165, 1.54) is 0 Å². The van der Waals surface area contributed by atoms with Gasteiger partial charge in [-0.3, -0.25) is 6.42 Å². The molecule has 0 aromatic carbocycles. The van der Waals surface area contributed by atoms with E-state index in [0.717, 1.165) is 6.42 Å². The molecule has 0 bridgehead atoms. The van der Waals surface area contributed by atoms with E-state index in [2.05, 4.69) is 5.32 Å². The maximum atomic E-state index is 12.1. The van der Waals surface area contributed by atoms with Crippen LogP contribution in [0.3, 0.4) is 0 Å². The van der Waals surface area contributed by atoms with Gasteiger partial charge in [0.25, 0.3) is 0 Å². The molecule has 0 aromatic heterocycles. The van der Waals surface area contributed by atoms with Crippen molar-refractivity contribution in [1.29, 1.82) is 0 Å². The van der Waals surface area contributed by atoms with Gasteiger partial charge in [0.15, 0.2) is 0 Å². The zero-order chi connectivity index (χ0) is 6.04. The van der Waals surface area contributed by atoms with Gasteiger partial charge >= 0.3 is 51.4 Å². The second-order valence-corrected chi connectivity index (χ2v) is 1.93. The summed E-state index contributed by atoms with van der Waals surface area (Å²) in [4.78, 5) is 0. The Hall–Kier alpha value is 1.46. The van der Waals surface area contributed by atoms with E-state index >= 15 is 0 Å². The molecule has 0 saturated carbocycles. The van der Waals surface area contributed by atoms with Gasteiger partial charge in [-0.25, -0.2) is 8.78 Å². The Morgan fingerprint density at radius 1 is 1.44 bits per heavy atom. The number of nitrogens with one attached hydrogen (secondary N) is 1. The SMILES string of the molecule is FC1(F)[CH-]CCNC1.[K+]. The minimum atomic E-state index is -2.56. The van der Waals surface area contributed by atoms with Crippen molar-refractivity contribution in [2.24, 2.45) is 0 Å². The van der Waals surface area contributed by atoms with Crippen molar-refractivity contribution >= 4 is 0 Å². The van der Waals surface area contributed by atoms with Crippen LogP contribution in [0.5, 0.6) is 0 Å². The van der Waals surface area contributed by atoms with Gasteiger partial charge in [0, 0.05) is 6.54 Å². The maximum absolute atomic E-state index is 12.1. The Labute approximate surface area is 96.0 Å². The molecule has 9 heavy (non-hydrogen) atoms. The summed E-state index contributed by atoms with van der Waals surface area (Å²) in [5, 5.41) is 2.59. The van der Waals surface area contributed by atoms with Crippen LogP contribution in [0, 0.1) is 6.42 Å². The fourth-order valence-electron chi connectivity index (χ4n) is 0.713. The van der Waals surface area contributed by atoms with Crippen LogP contribution in [-0.2, 0) is 0 Å². The minimum Gasteiger partial charge on any atom is -0.316 e. The van der Waals surface area contributed by atoms with E-state index in [1.54, 1.807) is 0 Å². The van der Waals surface area contributed by atoms with Crippen molar-refractivity contribution in [3.05, 3.63) is 6.42 Å². The average Bonchev–Trinajstić information content (AvgIpc) is 1.65. The molecule has 4 heteroatoms. The van der Waals surface area contributed by atoms with Crippen LogP contribution in [0.25, 0.3) is 0 Å². The molecular weight excluding hydrogens is 151 g/mol. The molecule has 1 saturated heterocycles. The fraction of sp³-hybridized carbons (Fsp3) is 0.800. The zero-order valence-electron chi connectivity index (χ0n) is 5.45. The van der Waals surface area contributed by atoms with Crippen LogP contribution in [0.2, 0.25) is 0 Å². The van der Waals surface area contributed by atoms with Gasteiger partial charge in [0.1, 0.15) is 5.92 Å². The van der Waals surface area contributed by atoms with Crippen LogP contribution >= 0.6 is 0 Å². The summed E-state index contributed by atoms with van der Waals surface area (Å²) in [5.74, 6) is -2.56. The van der Waals surface area contributed by atoms with E-state index in [4.69, 9.17) is 0 Å². The number of hydrogen-bond acceptors (Lipinski definition) is 1. The Bertz CT molecular complexity index is 79.0. The molecular formula is C5H8F2KN. The zero-order valence-corrected chi connectivity index (χ0v) is 8.58. The summed E-state index contributed by atoms with van der Waals surface area (Å²) in [6.45, 7) is 0.503. The van der Waals surface area contributed by atoms with Crippen molar-refractivity contribution in [2.75, 3.05) is 13.1 Å². The third-order valence-corrected chi connectivity index (χ3v) is 1.12. The van der Waals surface area contributed by atoms with Gasteiger partial charge in [0.05, 0.1) is 0 Å². The summed E-state index contributed by atoms with van der Waals surface area (Å²) in [6.07, 6.45) is 1.54. The molecule has 48 valence electrons. The first-order valence-electron chi connectivity index (χ1n) is 2.64. The van der Waals surface area contributed by atoms with Crippen molar-refractivity contribution in [3.8, 4) is 0 Å². The molecule has 1 fully saturated rings. The van der Waals surface area contributed by atoms with Gasteiger partial charge in [-0.2, -0.15) is 6.42 Å². The van der Waals surface area contributed by atoms with Crippen LogP contribution in [-0.4, -0.2) is 19.0 Å². The largest absolute Gasteiger partial charge is 1.00 e. The number of piperidine rings is 1. The number of hydrogen-bond donors (Lipinski definition) is 1. The molecule has 1 rings (SSSR count). The van der Waals surface area contributed by atoms with E-state index in [-0.39, 0.29) is 57.9 Å². The molecule has 1 heterocycles. The van der Waals surface area contributed by atoms with E-state index in [1.807, 2.05) is 0 Å². The molecule has 0 aliphatic carbocycles. The molecule has 0 unspecified atom stereocenters. The predicted octanol–water partition coefficient (Wildman–Crippen LogP) is -2.18. The quantitative estimate of drug-likeness (QED) is 0.313. The summed E-state index contributed by atoms with van der Waals surface area (Å²) >= 11 is 0. The molecule has 1 aliphatic heterocycles. The first-order chi connectivity index (χ1) is 3.71. The molecule has 0 amide bonds. The summed E-state index contributed by atoms with van der Waals surface area (Å²) < 4.78 is 24.2. The minimum absolute atomic E-state index is 0. The molecule has 1 aliphatic rings. The standard InChI is InChI=1S/C5H8F2N.K/c6-5(7)2-1-3-8-4-5;/h2,8H,1,3-4H2;/q-1;+1. The van der Waals surface area contributed by atoms with E-state index in [0.29, 0.717) is 13.0 Å². The smallest absolute Gasteiger partial charge is 0.316 e.